The van der Waals surface area contributed by atoms with Crippen LogP contribution >= 0.6 is 0 Å². The minimum absolute atomic E-state index is 0.386. The molecule has 1 atom stereocenters. The minimum atomic E-state index is 0.386. The average Bonchev–Trinajstić information content (AvgIpc) is 2.81. The zero-order valence-electron chi connectivity index (χ0n) is 12.1. The summed E-state index contributed by atoms with van der Waals surface area (Å²) in [6.45, 7) is 6.14. The third-order valence-electron chi connectivity index (χ3n) is 4.13. The number of aryl methyl sites for hydroxylation is 1. The first kappa shape index (κ1) is 13.3. The van der Waals surface area contributed by atoms with E-state index in [2.05, 4.69) is 33.3 Å². The molecule has 2 aromatic rings. The van der Waals surface area contributed by atoms with Crippen LogP contribution in [0.3, 0.4) is 0 Å². The molecule has 20 heavy (non-hydrogen) atoms. The Hall–Kier alpha value is -1.72. The van der Waals surface area contributed by atoms with Crippen LogP contribution in [0.25, 0.3) is 0 Å². The zero-order valence-corrected chi connectivity index (χ0v) is 12.1. The molecule has 3 heterocycles. The Morgan fingerprint density at radius 1 is 1.40 bits per heavy atom. The predicted molar refractivity (Wildman–Crippen MR) is 78.2 cm³/mol. The van der Waals surface area contributed by atoms with Crippen LogP contribution < -0.4 is 5.32 Å². The van der Waals surface area contributed by atoms with Crippen LogP contribution in [0.5, 0.6) is 0 Å². The Labute approximate surface area is 119 Å². The normalized spacial score (nSPS) is 20.2. The molecule has 1 aliphatic rings. The van der Waals surface area contributed by atoms with Crippen molar-refractivity contribution in [1.82, 2.24) is 25.0 Å². The van der Waals surface area contributed by atoms with E-state index in [-0.39, 0.29) is 0 Å². The summed E-state index contributed by atoms with van der Waals surface area (Å²) in [6, 6.07) is 4.56. The molecule has 0 aliphatic carbocycles. The van der Waals surface area contributed by atoms with Gasteiger partial charge in [0.15, 0.2) is 0 Å². The van der Waals surface area contributed by atoms with E-state index in [0.717, 1.165) is 26.2 Å². The second-order valence-corrected chi connectivity index (χ2v) is 5.36. The standard InChI is InChI=1S/C15H21N5/c1-12-14(9-18-19(12)2)11-20-7-6-17-10-15(20)13-4-3-5-16-8-13/h3-5,8-9,15,17H,6-7,10-11H2,1-2H3. The summed E-state index contributed by atoms with van der Waals surface area (Å²) in [7, 11) is 2.00. The Balaban J connectivity index is 1.81. The van der Waals surface area contributed by atoms with E-state index in [0.29, 0.717) is 6.04 Å². The second kappa shape index (κ2) is 5.73. The van der Waals surface area contributed by atoms with Crippen LogP contribution in [0.15, 0.2) is 30.7 Å². The maximum atomic E-state index is 4.34. The fraction of sp³-hybridized carbons (Fsp3) is 0.467. The molecular weight excluding hydrogens is 250 g/mol. The number of nitrogens with one attached hydrogen (secondary N) is 1. The van der Waals surface area contributed by atoms with E-state index >= 15 is 0 Å². The van der Waals surface area contributed by atoms with Gasteiger partial charge >= 0.3 is 0 Å². The van der Waals surface area contributed by atoms with Gasteiger partial charge in [-0.05, 0) is 18.6 Å². The fourth-order valence-electron chi connectivity index (χ4n) is 2.76. The number of pyridine rings is 1. The number of piperazine rings is 1. The van der Waals surface area contributed by atoms with Crippen LogP contribution in [-0.2, 0) is 13.6 Å². The van der Waals surface area contributed by atoms with Crippen LogP contribution in [0.2, 0.25) is 0 Å². The summed E-state index contributed by atoms with van der Waals surface area (Å²) < 4.78 is 1.94. The van der Waals surface area contributed by atoms with Crippen molar-refractivity contribution in [1.29, 1.82) is 0 Å². The maximum Gasteiger partial charge on any atom is 0.0537 e. The van der Waals surface area contributed by atoms with E-state index in [4.69, 9.17) is 0 Å². The van der Waals surface area contributed by atoms with E-state index in [9.17, 15) is 0 Å². The Kier molecular flexibility index (Phi) is 3.80. The van der Waals surface area contributed by atoms with E-state index in [1.165, 1.54) is 16.8 Å². The van der Waals surface area contributed by atoms with Gasteiger partial charge in [0.2, 0.25) is 0 Å². The van der Waals surface area contributed by atoms with Crippen molar-refractivity contribution >= 4 is 0 Å². The first-order chi connectivity index (χ1) is 9.75. The Morgan fingerprint density at radius 2 is 2.30 bits per heavy atom. The summed E-state index contributed by atoms with van der Waals surface area (Å²) in [5.41, 5.74) is 3.83. The SMILES string of the molecule is Cc1c(CN2CCNCC2c2cccnc2)cnn1C. The van der Waals surface area contributed by atoms with Crippen molar-refractivity contribution in [2.45, 2.75) is 19.5 Å². The lowest BCUT2D eigenvalue weighted by molar-refractivity contribution is 0.153. The molecule has 0 radical (unpaired) electrons. The summed E-state index contributed by atoms with van der Waals surface area (Å²) in [4.78, 5) is 6.76. The van der Waals surface area contributed by atoms with Crippen molar-refractivity contribution in [3.05, 3.63) is 47.5 Å². The van der Waals surface area contributed by atoms with Gasteiger partial charge in [-0.25, -0.2) is 0 Å². The molecule has 1 fully saturated rings. The van der Waals surface area contributed by atoms with Crippen molar-refractivity contribution in [2.24, 2.45) is 7.05 Å². The largest absolute Gasteiger partial charge is 0.314 e. The second-order valence-electron chi connectivity index (χ2n) is 5.36. The van der Waals surface area contributed by atoms with Gasteiger partial charge in [0.1, 0.15) is 0 Å². The van der Waals surface area contributed by atoms with Gasteiger partial charge in [-0.15, -0.1) is 0 Å². The zero-order chi connectivity index (χ0) is 13.9. The topological polar surface area (TPSA) is 46.0 Å². The lowest BCUT2D eigenvalue weighted by Gasteiger charge is -2.36. The third kappa shape index (κ3) is 2.59. The first-order valence-electron chi connectivity index (χ1n) is 7.08. The highest BCUT2D eigenvalue weighted by Crippen LogP contribution is 2.24. The molecular formula is C15H21N5. The van der Waals surface area contributed by atoms with Gasteiger partial charge in [-0.2, -0.15) is 5.10 Å². The number of aromatic nitrogens is 3. The summed E-state index contributed by atoms with van der Waals surface area (Å²) >= 11 is 0. The molecule has 0 bridgehead atoms. The number of rotatable bonds is 3. The molecule has 1 saturated heterocycles. The van der Waals surface area contributed by atoms with Gasteiger partial charge in [-0.3, -0.25) is 14.6 Å². The van der Waals surface area contributed by atoms with Gasteiger partial charge < -0.3 is 5.32 Å². The monoisotopic (exact) mass is 271 g/mol. The third-order valence-corrected chi connectivity index (χ3v) is 4.13. The van der Waals surface area contributed by atoms with Gasteiger partial charge in [0, 0.05) is 62.9 Å². The average molecular weight is 271 g/mol. The molecule has 0 saturated carbocycles. The predicted octanol–water partition coefficient (Wildman–Crippen LogP) is 1.27. The summed E-state index contributed by atoms with van der Waals surface area (Å²) in [6.07, 6.45) is 5.79. The van der Waals surface area contributed by atoms with E-state index in [1.807, 2.05) is 36.4 Å². The molecule has 1 unspecified atom stereocenters. The van der Waals surface area contributed by atoms with Crippen molar-refractivity contribution in [2.75, 3.05) is 19.6 Å². The molecule has 0 amide bonds. The van der Waals surface area contributed by atoms with Gasteiger partial charge in [0.05, 0.1) is 6.20 Å². The van der Waals surface area contributed by atoms with E-state index in [1.54, 1.807) is 0 Å². The van der Waals surface area contributed by atoms with Crippen LogP contribution in [0, 0.1) is 6.92 Å². The van der Waals surface area contributed by atoms with Crippen molar-refractivity contribution in [3.63, 3.8) is 0 Å². The highest BCUT2D eigenvalue weighted by molar-refractivity contribution is 5.19. The summed E-state index contributed by atoms with van der Waals surface area (Å²) in [5, 5.41) is 7.82. The van der Waals surface area contributed by atoms with Gasteiger partial charge in [0.25, 0.3) is 0 Å². The van der Waals surface area contributed by atoms with Crippen LogP contribution in [0.1, 0.15) is 22.9 Å². The highest BCUT2D eigenvalue weighted by atomic mass is 15.3. The number of nitrogens with zero attached hydrogens (tertiary/aromatic N) is 4. The minimum Gasteiger partial charge on any atom is -0.314 e. The molecule has 1 N–H and O–H groups in total. The lowest BCUT2D eigenvalue weighted by Crippen LogP contribution is -2.45. The molecule has 3 rings (SSSR count). The molecule has 1 aliphatic heterocycles. The quantitative estimate of drug-likeness (QED) is 0.913. The fourth-order valence-corrected chi connectivity index (χ4v) is 2.76. The molecule has 2 aromatic heterocycles. The lowest BCUT2D eigenvalue weighted by atomic mass is 10.0. The van der Waals surface area contributed by atoms with Crippen molar-refractivity contribution in [3.8, 4) is 0 Å². The first-order valence-corrected chi connectivity index (χ1v) is 7.08. The molecule has 0 spiro atoms. The maximum absolute atomic E-state index is 4.34. The van der Waals surface area contributed by atoms with Crippen molar-refractivity contribution < 1.29 is 0 Å². The highest BCUT2D eigenvalue weighted by Gasteiger charge is 2.24. The van der Waals surface area contributed by atoms with Crippen LogP contribution in [-0.4, -0.2) is 39.3 Å². The van der Waals surface area contributed by atoms with Crippen LogP contribution in [0.4, 0.5) is 0 Å². The molecule has 106 valence electrons. The Bertz CT molecular complexity index is 563. The molecule has 0 aromatic carbocycles. The molecule has 5 nitrogen and oxygen atoms in total. The number of hydrogen-bond donors (Lipinski definition) is 1. The summed E-state index contributed by atoms with van der Waals surface area (Å²) in [5.74, 6) is 0. The Morgan fingerprint density at radius 3 is 3.00 bits per heavy atom. The number of hydrogen-bond acceptors (Lipinski definition) is 4. The smallest absolute Gasteiger partial charge is 0.0537 e. The van der Waals surface area contributed by atoms with E-state index < -0.39 is 0 Å². The molecule has 5 heteroatoms. The van der Waals surface area contributed by atoms with Gasteiger partial charge in [-0.1, -0.05) is 6.07 Å².